The van der Waals surface area contributed by atoms with Crippen LogP contribution in [0.2, 0.25) is 0 Å². The van der Waals surface area contributed by atoms with Gasteiger partial charge in [-0.05, 0) is 42.0 Å². The van der Waals surface area contributed by atoms with Crippen molar-refractivity contribution in [2.24, 2.45) is 0 Å². The van der Waals surface area contributed by atoms with Gasteiger partial charge in [-0.25, -0.2) is 4.79 Å². The molecule has 0 aromatic heterocycles. The number of hydrogen-bond donors (Lipinski definition) is 1. The summed E-state index contributed by atoms with van der Waals surface area (Å²) < 4.78 is 5.70. The molecule has 21 heavy (non-hydrogen) atoms. The molecule has 0 bridgehead atoms. The maximum Gasteiger partial charge on any atom is 0.328 e. The Bertz CT molecular complexity index is 522. The van der Waals surface area contributed by atoms with Gasteiger partial charge in [0.05, 0.1) is 6.61 Å². The van der Waals surface area contributed by atoms with E-state index in [0.717, 1.165) is 35.3 Å². The lowest BCUT2D eigenvalue weighted by Crippen LogP contribution is -2.14. The molecule has 0 aliphatic carbocycles. The molecule has 1 aromatic carbocycles. The van der Waals surface area contributed by atoms with Gasteiger partial charge in [0.2, 0.25) is 0 Å². The van der Waals surface area contributed by atoms with Crippen molar-refractivity contribution >= 4 is 11.5 Å². The second kappa shape index (κ2) is 7.30. The lowest BCUT2D eigenvalue weighted by atomic mass is 9.84. The minimum absolute atomic E-state index is 0.0545. The Labute approximate surface area is 127 Å². The maximum atomic E-state index is 11.0. The summed E-state index contributed by atoms with van der Waals surface area (Å²) in [5.41, 5.74) is 2.88. The van der Waals surface area contributed by atoms with Crippen LogP contribution in [-0.4, -0.2) is 17.7 Å². The molecular weight excluding hydrogens is 264 g/mol. The van der Waals surface area contributed by atoms with Gasteiger partial charge in [0.15, 0.2) is 0 Å². The van der Waals surface area contributed by atoms with E-state index >= 15 is 0 Å². The van der Waals surface area contributed by atoms with Gasteiger partial charge in [0.25, 0.3) is 0 Å². The number of ether oxygens (including phenoxy) is 1. The van der Waals surface area contributed by atoms with E-state index < -0.39 is 5.97 Å². The van der Waals surface area contributed by atoms with Crippen LogP contribution in [0, 0.1) is 0 Å². The second-order valence-corrected chi connectivity index (χ2v) is 6.15. The zero-order valence-electron chi connectivity index (χ0n) is 13.7. The number of rotatable bonds is 6. The Hall–Kier alpha value is -1.77. The van der Waals surface area contributed by atoms with Gasteiger partial charge < -0.3 is 9.84 Å². The average molecular weight is 290 g/mol. The molecule has 116 valence electrons. The normalized spacial score (nSPS) is 12.3. The van der Waals surface area contributed by atoms with E-state index in [-0.39, 0.29) is 5.41 Å². The number of aliphatic carboxylic acids is 1. The fourth-order valence-electron chi connectivity index (χ4n) is 2.32. The maximum absolute atomic E-state index is 11.0. The molecule has 0 saturated carbocycles. The van der Waals surface area contributed by atoms with Crippen LogP contribution in [0.3, 0.4) is 0 Å². The monoisotopic (exact) mass is 290 g/mol. The highest BCUT2D eigenvalue weighted by atomic mass is 16.5. The SMILES string of the molecule is CCC/C(=C\C(=O)O)c1ccc(OCC)c(C(C)(C)C)c1. The van der Waals surface area contributed by atoms with Crippen molar-refractivity contribution in [3.8, 4) is 5.75 Å². The smallest absolute Gasteiger partial charge is 0.328 e. The van der Waals surface area contributed by atoms with Crippen molar-refractivity contribution in [3.05, 3.63) is 35.4 Å². The third kappa shape index (κ3) is 4.92. The summed E-state index contributed by atoms with van der Waals surface area (Å²) in [6.45, 7) is 11.0. The zero-order valence-corrected chi connectivity index (χ0v) is 13.7. The first-order chi connectivity index (χ1) is 9.79. The van der Waals surface area contributed by atoms with Crippen LogP contribution >= 0.6 is 0 Å². The first kappa shape index (κ1) is 17.3. The molecule has 1 aromatic rings. The van der Waals surface area contributed by atoms with Crippen LogP contribution in [-0.2, 0) is 10.2 Å². The Balaban J connectivity index is 3.35. The van der Waals surface area contributed by atoms with Gasteiger partial charge in [-0.15, -0.1) is 0 Å². The van der Waals surface area contributed by atoms with Gasteiger partial charge in [-0.2, -0.15) is 0 Å². The summed E-state index contributed by atoms with van der Waals surface area (Å²) in [7, 11) is 0. The molecule has 0 aliphatic rings. The highest BCUT2D eigenvalue weighted by Crippen LogP contribution is 2.34. The molecule has 0 heterocycles. The van der Waals surface area contributed by atoms with Crippen LogP contribution in [0.5, 0.6) is 5.75 Å². The fraction of sp³-hybridized carbons (Fsp3) is 0.500. The summed E-state index contributed by atoms with van der Waals surface area (Å²) in [6.07, 6.45) is 2.98. The van der Waals surface area contributed by atoms with E-state index in [1.165, 1.54) is 6.08 Å². The minimum atomic E-state index is -0.898. The topological polar surface area (TPSA) is 46.5 Å². The van der Waals surface area contributed by atoms with E-state index in [4.69, 9.17) is 9.84 Å². The van der Waals surface area contributed by atoms with Crippen LogP contribution < -0.4 is 4.74 Å². The van der Waals surface area contributed by atoms with Gasteiger partial charge in [-0.1, -0.05) is 40.2 Å². The van der Waals surface area contributed by atoms with Gasteiger partial charge in [0, 0.05) is 11.6 Å². The Morgan fingerprint density at radius 1 is 1.29 bits per heavy atom. The van der Waals surface area contributed by atoms with E-state index in [9.17, 15) is 4.79 Å². The molecule has 0 unspecified atom stereocenters. The number of carbonyl (C=O) groups is 1. The molecule has 3 heteroatoms. The molecule has 3 nitrogen and oxygen atoms in total. The van der Waals surface area contributed by atoms with E-state index in [2.05, 4.69) is 33.8 Å². The molecule has 0 aliphatic heterocycles. The quantitative estimate of drug-likeness (QED) is 0.776. The van der Waals surface area contributed by atoms with Crippen molar-refractivity contribution in [2.75, 3.05) is 6.61 Å². The Morgan fingerprint density at radius 2 is 1.95 bits per heavy atom. The summed E-state index contributed by atoms with van der Waals surface area (Å²) in [5, 5.41) is 9.04. The summed E-state index contributed by atoms with van der Waals surface area (Å²) in [5.74, 6) is -0.0235. The lowest BCUT2D eigenvalue weighted by molar-refractivity contribution is -0.131. The molecule has 0 atom stereocenters. The van der Waals surface area contributed by atoms with Gasteiger partial charge >= 0.3 is 5.97 Å². The van der Waals surface area contributed by atoms with Gasteiger partial charge in [-0.3, -0.25) is 0 Å². The van der Waals surface area contributed by atoms with Crippen molar-refractivity contribution in [1.82, 2.24) is 0 Å². The molecule has 0 fully saturated rings. The number of benzene rings is 1. The largest absolute Gasteiger partial charge is 0.494 e. The second-order valence-electron chi connectivity index (χ2n) is 6.15. The zero-order chi connectivity index (χ0) is 16.0. The molecule has 1 rings (SSSR count). The fourth-order valence-corrected chi connectivity index (χ4v) is 2.32. The lowest BCUT2D eigenvalue weighted by Gasteiger charge is -2.24. The summed E-state index contributed by atoms with van der Waals surface area (Å²) in [6, 6.07) is 5.96. The molecule has 0 radical (unpaired) electrons. The van der Waals surface area contributed by atoms with Crippen molar-refractivity contribution in [1.29, 1.82) is 0 Å². The first-order valence-electron chi connectivity index (χ1n) is 7.50. The minimum Gasteiger partial charge on any atom is -0.494 e. The standard InChI is InChI=1S/C18H26O3/c1-6-8-13(12-17(19)20)14-9-10-16(21-7-2)15(11-14)18(3,4)5/h9-12H,6-8H2,1-5H3,(H,19,20)/b13-12+. The van der Waals surface area contributed by atoms with Crippen LogP contribution in [0.15, 0.2) is 24.3 Å². The Kier molecular flexibility index (Phi) is 6.01. The third-order valence-electron chi connectivity index (χ3n) is 3.28. The first-order valence-corrected chi connectivity index (χ1v) is 7.50. The summed E-state index contributed by atoms with van der Waals surface area (Å²) >= 11 is 0. The average Bonchev–Trinajstić information content (AvgIpc) is 2.37. The van der Waals surface area contributed by atoms with Gasteiger partial charge in [0.1, 0.15) is 5.75 Å². The number of allylic oxidation sites excluding steroid dienone is 1. The third-order valence-corrected chi connectivity index (χ3v) is 3.28. The Morgan fingerprint density at radius 3 is 2.43 bits per heavy atom. The molecule has 0 spiro atoms. The predicted octanol–water partition coefficient (Wildman–Crippen LogP) is 4.65. The van der Waals surface area contributed by atoms with E-state index in [1.54, 1.807) is 0 Å². The van der Waals surface area contributed by atoms with Crippen molar-refractivity contribution in [3.63, 3.8) is 0 Å². The summed E-state index contributed by atoms with van der Waals surface area (Å²) in [4.78, 5) is 11.0. The van der Waals surface area contributed by atoms with E-state index in [1.807, 2.05) is 19.1 Å². The molecule has 1 N–H and O–H groups in total. The van der Waals surface area contributed by atoms with E-state index in [0.29, 0.717) is 6.61 Å². The molecular formula is C18H26O3. The van der Waals surface area contributed by atoms with Crippen LogP contribution in [0.4, 0.5) is 0 Å². The van der Waals surface area contributed by atoms with Crippen molar-refractivity contribution in [2.45, 2.75) is 52.9 Å². The highest BCUT2D eigenvalue weighted by Gasteiger charge is 2.20. The number of carboxylic acids is 1. The van der Waals surface area contributed by atoms with Crippen molar-refractivity contribution < 1.29 is 14.6 Å². The molecule has 0 saturated heterocycles. The van der Waals surface area contributed by atoms with Crippen LogP contribution in [0.1, 0.15) is 58.6 Å². The number of carboxylic acid groups (broad SMARTS) is 1. The van der Waals surface area contributed by atoms with Crippen LogP contribution in [0.25, 0.3) is 5.57 Å². The predicted molar refractivity (Wildman–Crippen MR) is 86.8 cm³/mol. The number of hydrogen-bond acceptors (Lipinski definition) is 2. The highest BCUT2D eigenvalue weighted by molar-refractivity contribution is 5.90. The molecule has 0 amide bonds.